The standard InChI is InChI=1S/C14H14BrF3N4O4S/c1-8(22-27(24,25)14(16,17)18)6-26-11-4-9(10(15)5-20-11)12(23)21-13(7-19)2-3-13/h4-5,8,22H,2-3,6H2,1H3,(H,21,23)/t8-/m0/s1. The van der Waals surface area contributed by atoms with Crippen LogP contribution in [-0.2, 0) is 10.0 Å². The predicted molar refractivity (Wildman–Crippen MR) is 90.0 cm³/mol. The Hall–Kier alpha value is -1.91. The lowest BCUT2D eigenvalue weighted by molar-refractivity contribution is -0.0451. The van der Waals surface area contributed by atoms with Crippen LogP contribution in [-0.4, -0.2) is 43.0 Å². The number of carbonyl (C=O) groups is 1. The third kappa shape index (κ3) is 5.30. The van der Waals surface area contributed by atoms with Gasteiger partial charge in [-0.05, 0) is 35.7 Å². The van der Waals surface area contributed by atoms with Crippen molar-refractivity contribution >= 4 is 31.9 Å². The summed E-state index contributed by atoms with van der Waals surface area (Å²) in [5, 5.41) is 11.6. The Morgan fingerprint density at radius 1 is 1.52 bits per heavy atom. The van der Waals surface area contributed by atoms with E-state index < -0.39 is 39.6 Å². The number of halogens is 4. The van der Waals surface area contributed by atoms with Gasteiger partial charge < -0.3 is 10.1 Å². The van der Waals surface area contributed by atoms with Gasteiger partial charge in [0.2, 0.25) is 5.88 Å². The number of nitriles is 1. The Morgan fingerprint density at radius 3 is 2.67 bits per heavy atom. The minimum atomic E-state index is -5.50. The van der Waals surface area contributed by atoms with Crippen LogP contribution >= 0.6 is 15.9 Å². The van der Waals surface area contributed by atoms with Gasteiger partial charge in [0.05, 0.1) is 17.7 Å². The van der Waals surface area contributed by atoms with Crippen LogP contribution in [0.4, 0.5) is 13.2 Å². The molecule has 0 saturated heterocycles. The van der Waals surface area contributed by atoms with Crippen molar-refractivity contribution in [3.05, 3.63) is 22.3 Å². The maximum absolute atomic E-state index is 12.3. The number of nitrogens with zero attached hydrogens (tertiary/aromatic N) is 2. The molecule has 1 aliphatic rings. The molecule has 0 aliphatic heterocycles. The highest BCUT2D eigenvalue weighted by atomic mass is 79.9. The van der Waals surface area contributed by atoms with Gasteiger partial charge in [-0.25, -0.2) is 18.1 Å². The molecule has 1 saturated carbocycles. The molecule has 0 bridgehead atoms. The van der Waals surface area contributed by atoms with Crippen LogP contribution in [0, 0.1) is 11.3 Å². The summed E-state index contributed by atoms with van der Waals surface area (Å²) in [5.74, 6) is -0.637. The van der Waals surface area contributed by atoms with Crippen molar-refractivity contribution in [1.82, 2.24) is 15.0 Å². The molecule has 1 aromatic rings. The SMILES string of the molecule is C[C@@H](COc1cc(C(=O)NC2(C#N)CC2)c(Br)cn1)NS(=O)(=O)C(F)(F)F. The second kappa shape index (κ2) is 7.61. The number of aromatic nitrogens is 1. The third-order valence-corrected chi connectivity index (χ3v) is 5.49. The molecule has 1 aliphatic carbocycles. The first-order chi connectivity index (χ1) is 12.4. The summed E-state index contributed by atoms with van der Waals surface area (Å²) >= 11 is 3.14. The van der Waals surface area contributed by atoms with Crippen molar-refractivity contribution in [3.63, 3.8) is 0 Å². The first-order valence-corrected chi connectivity index (χ1v) is 9.77. The molecule has 1 heterocycles. The molecule has 2 rings (SSSR count). The maximum atomic E-state index is 12.3. The zero-order chi connectivity index (χ0) is 20.5. The van der Waals surface area contributed by atoms with Crippen LogP contribution in [0.2, 0.25) is 0 Å². The summed E-state index contributed by atoms with van der Waals surface area (Å²) in [7, 11) is -5.50. The smallest absolute Gasteiger partial charge is 0.476 e. The van der Waals surface area contributed by atoms with Gasteiger partial charge in [0.1, 0.15) is 12.1 Å². The van der Waals surface area contributed by atoms with Gasteiger partial charge in [-0.3, -0.25) is 4.79 Å². The van der Waals surface area contributed by atoms with Crippen molar-refractivity contribution in [2.45, 2.75) is 36.9 Å². The Bertz CT molecular complexity index is 881. The van der Waals surface area contributed by atoms with Gasteiger partial charge in [-0.2, -0.15) is 18.4 Å². The van der Waals surface area contributed by atoms with Crippen LogP contribution in [0.5, 0.6) is 5.88 Å². The predicted octanol–water partition coefficient (Wildman–Crippen LogP) is 1.84. The number of sulfonamides is 1. The van der Waals surface area contributed by atoms with Crippen molar-refractivity contribution in [1.29, 1.82) is 5.26 Å². The van der Waals surface area contributed by atoms with Crippen molar-refractivity contribution in [2.75, 3.05) is 6.61 Å². The Balaban J connectivity index is 2.02. The highest BCUT2D eigenvalue weighted by Crippen LogP contribution is 2.35. The highest BCUT2D eigenvalue weighted by Gasteiger charge is 2.46. The van der Waals surface area contributed by atoms with Crippen LogP contribution in [0.15, 0.2) is 16.7 Å². The average Bonchev–Trinajstić information content (AvgIpc) is 3.32. The molecule has 1 amide bonds. The fraction of sp³-hybridized carbons (Fsp3) is 0.500. The molecule has 0 unspecified atom stereocenters. The largest absolute Gasteiger partial charge is 0.511 e. The summed E-state index contributed by atoms with van der Waals surface area (Å²) in [4.78, 5) is 16.1. The number of rotatable bonds is 7. The second-order valence-electron chi connectivity index (χ2n) is 5.93. The van der Waals surface area contributed by atoms with Crippen LogP contribution in [0.25, 0.3) is 0 Å². The summed E-state index contributed by atoms with van der Waals surface area (Å²) < 4.78 is 66.0. The molecular formula is C14H14BrF3N4O4S. The van der Waals surface area contributed by atoms with E-state index >= 15 is 0 Å². The number of hydrogen-bond acceptors (Lipinski definition) is 6. The number of amides is 1. The monoisotopic (exact) mass is 470 g/mol. The lowest BCUT2D eigenvalue weighted by atomic mass is 10.2. The zero-order valence-electron chi connectivity index (χ0n) is 13.8. The van der Waals surface area contributed by atoms with Crippen molar-refractivity contribution in [2.24, 2.45) is 0 Å². The van der Waals surface area contributed by atoms with E-state index in [1.54, 1.807) is 0 Å². The Kier molecular flexibility index (Phi) is 6.03. The minimum Gasteiger partial charge on any atom is -0.476 e. The maximum Gasteiger partial charge on any atom is 0.511 e. The first kappa shape index (κ1) is 21.4. The highest BCUT2D eigenvalue weighted by molar-refractivity contribution is 9.10. The molecular weight excluding hydrogens is 457 g/mol. The lowest BCUT2D eigenvalue weighted by Gasteiger charge is -2.16. The summed E-state index contributed by atoms with van der Waals surface area (Å²) in [6.45, 7) is 0.729. The zero-order valence-corrected chi connectivity index (χ0v) is 16.2. The molecule has 1 aromatic heterocycles. The number of hydrogen-bond donors (Lipinski definition) is 2. The average molecular weight is 471 g/mol. The quantitative estimate of drug-likeness (QED) is 0.626. The number of nitrogens with one attached hydrogen (secondary N) is 2. The van der Waals surface area contributed by atoms with Crippen LogP contribution < -0.4 is 14.8 Å². The second-order valence-corrected chi connectivity index (χ2v) is 8.49. The molecule has 13 heteroatoms. The fourth-order valence-corrected chi connectivity index (χ4v) is 3.05. The van der Waals surface area contributed by atoms with E-state index in [-0.39, 0.29) is 11.4 Å². The van der Waals surface area contributed by atoms with Crippen LogP contribution in [0.1, 0.15) is 30.1 Å². The number of ether oxygens (including phenoxy) is 1. The third-order valence-electron chi connectivity index (χ3n) is 3.53. The number of pyridine rings is 1. The Morgan fingerprint density at radius 2 is 2.15 bits per heavy atom. The van der Waals surface area contributed by atoms with Gasteiger partial charge in [-0.15, -0.1) is 0 Å². The van der Waals surface area contributed by atoms with Gasteiger partial charge in [0.15, 0.2) is 0 Å². The molecule has 27 heavy (non-hydrogen) atoms. The molecule has 0 aromatic carbocycles. The molecule has 0 radical (unpaired) electrons. The first-order valence-electron chi connectivity index (χ1n) is 7.50. The molecule has 148 valence electrons. The number of alkyl halides is 3. The van der Waals surface area contributed by atoms with E-state index in [2.05, 4.69) is 26.2 Å². The van der Waals surface area contributed by atoms with Gasteiger partial charge >= 0.3 is 15.5 Å². The van der Waals surface area contributed by atoms with Crippen molar-refractivity contribution in [3.8, 4) is 11.9 Å². The van der Waals surface area contributed by atoms with Crippen LogP contribution in [0.3, 0.4) is 0 Å². The van der Waals surface area contributed by atoms with Gasteiger partial charge in [0.25, 0.3) is 5.91 Å². The van der Waals surface area contributed by atoms with Gasteiger partial charge in [0, 0.05) is 16.7 Å². The van der Waals surface area contributed by atoms with E-state index in [0.717, 1.165) is 0 Å². The summed E-state index contributed by atoms with van der Waals surface area (Å²) in [6, 6.07) is 2.04. The topological polar surface area (TPSA) is 121 Å². The normalized spacial score (nSPS) is 16.9. The Labute approximate surface area is 161 Å². The molecule has 8 nitrogen and oxygen atoms in total. The summed E-state index contributed by atoms with van der Waals surface area (Å²) in [6.07, 6.45) is 2.33. The molecule has 1 fully saturated rings. The molecule has 2 N–H and O–H groups in total. The van der Waals surface area contributed by atoms with E-state index in [1.807, 2.05) is 6.07 Å². The van der Waals surface area contributed by atoms with E-state index in [0.29, 0.717) is 17.3 Å². The minimum absolute atomic E-state index is 0.0942. The van der Waals surface area contributed by atoms with Crippen molar-refractivity contribution < 1.29 is 31.1 Å². The van der Waals surface area contributed by atoms with E-state index in [1.165, 1.54) is 23.9 Å². The number of carbonyl (C=O) groups excluding carboxylic acids is 1. The summed E-state index contributed by atoms with van der Waals surface area (Å²) in [5.41, 5.74) is -6.20. The molecule has 0 spiro atoms. The molecule has 1 atom stereocenters. The lowest BCUT2D eigenvalue weighted by Crippen LogP contribution is -2.43. The van der Waals surface area contributed by atoms with E-state index in [9.17, 15) is 26.4 Å². The fourth-order valence-electron chi connectivity index (χ4n) is 1.92. The van der Waals surface area contributed by atoms with Gasteiger partial charge in [-0.1, -0.05) is 0 Å². The van der Waals surface area contributed by atoms with E-state index in [4.69, 9.17) is 10.00 Å².